The van der Waals surface area contributed by atoms with Gasteiger partial charge in [0, 0.05) is 0 Å². The summed E-state index contributed by atoms with van der Waals surface area (Å²) in [6, 6.07) is 15.2. The quantitative estimate of drug-likeness (QED) is 0.883. The average Bonchev–Trinajstić information content (AvgIpc) is 2.40. The maximum absolute atomic E-state index is 11.0. The molecule has 2 aromatic rings. The minimum absolute atomic E-state index is 0.000741. The number of carbonyl (C=O) groups is 1. The van der Waals surface area contributed by atoms with Crippen LogP contribution in [0.4, 0.5) is 0 Å². The van der Waals surface area contributed by atoms with Crippen LogP contribution in [-0.4, -0.2) is 18.1 Å². The predicted molar refractivity (Wildman–Crippen MR) is 75.5 cm³/mol. The molecule has 0 saturated carbocycles. The minimum atomic E-state index is -0.902. The highest BCUT2D eigenvalue weighted by Crippen LogP contribution is 2.23. The zero-order valence-corrected chi connectivity index (χ0v) is 11.1. The molecule has 3 heteroatoms. The maximum atomic E-state index is 11.0. The molecule has 0 aromatic heterocycles. The molecule has 0 aliphatic carbocycles. The van der Waals surface area contributed by atoms with E-state index in [2.05, 4.69) is 11.4 Å². The Bertz CT molecular complexity index is 593. The van der Waals surface area contributed by atoms with E-state index >= 15 is 0 Å². The van der Waals surface area contributed by atoms with Gasteiger partial charge in [-0.2, -0.15) is 0 Å². The van der Waals surface area contributed by atoms with Crippen LogP contribution in [0.15, 0.2) is 48.5 Å². The van der Waals surface area contributed by atoms with Gasteiger partial charge in [0.15, 0.2) is 0 Å². The molecule has 3 nitrogen and oxygen atoms in total. The number of carboxylic acid groups (broad SMARTS) is 1. The monoisotopic (exact) mass is 255 g/mol. The Morgan fingerprint density at radius 2 is 1.74 bits per heavy atom. The molecule has 2 aromatic carbocycles. The van der Waals surface area contributed by atoms with Gasteiger partial charge < -0.3 is 10.4 Å². The van der Waals surface area contributed by atoms with Gasteiger partial charge in [0.2, 0.25) is 0 Å². The second kappa shape index (κ2) is 5.67. The Hall–Kier alpha value is -2.13. The first-order chi connectivity index (χ1) is 9.11. The van der Waals surface area contributed by atoms with Gasteiger partial charge in [0.25, 0.3) is 0 Å². The molecule has 0 aliphatic heterocycles. The summed E-state index contributed by atoms with van der Waals surface area (Å²) >= 11 is 0. The number of aromatic carboxylic acids is 1. The van der Waals surface area contributed by atoms with E-state index in [1.807, 2.05) is 38.2 Å². The van der Waals surface area contributed by atoms with Gasteiger partial charge in [0.05, 0.1) is 11.6 Å². The van der Waals surface area contributed by atoms with Crippen LogP contribution in [0.3, 0.4) is 0 Å². The van der Waals surface area contributed by atoms with E-state index in [1.165, 1.54) is 5.56 Å². The maximum Gasteiger partial charge on any atom is 0.335 e. The topological polar surface area (TPSA) is 49.3 Å². The fourth-order valence-electron chi connectivity index (χ4n) is 2.23. The molecule has 2 N–H and O–H groups in total. The lowest BCUT2D eigenvalue weighted by Crippen LogP contribution is -2.18. The van der Waals surface area contributed by atoms with Crippen molar-refractivity contribution in [2.24, 2.45) is 0 Å². The van der Waals surface area contributed by atoms with Crippen molar-refractivity contribution in [2.75, 3.05) is 7.05 Å². The Balaban J connectivity index is 2.42. The van der Waals surface area contributed by atoms with Gasteiger partial charge >= 0.3 is 5.97 Å². The van der Waals surface area contributed by atoms with E-state index < -0.39 is 5.97 Å². The normalized spacial score (nSPS) is 12.1. The van der Waals surface area contributed by atoms with Crippen LogP contribution in [-0.2, 0) is 0 Å². The van der Waals surface area contributed by atoms with E-state index in [0.29, 0.717) is 5.56 Å². The lowest BCUT2D eigenvalue weighted by atomic mass is 9.96. The van der Waals surface area contributed by atoms with Gasteiger partial charge in [-0.15, -0.1) is 0 Å². The Labute approximate surface area is 112 Å². The van der Waals surface area contributed by atoms with Crippen LogP contribution < -0.4 is 5.32 Å². The molecule has 1 atom stereocenters. The third-order valence-corrected chi connectivity index (χ3v) is 3.13. The molecule has 0 amide bonds. The zero-order valence-electron chi connectivity index (χ0n) is 11.1. The second-order valence-electron chi connectivity index (χ2n) is 4.57. The molecular weight excluding hydrogens is 238 g/mol. The summed E-state index contributed by atoms with van der Waals surface area (Å²) in [6.07, 6.45) is 0. The summed E-state index contributed by atoms with van der Waals surface area (Å²) in [7, 11) is 1.88. The summed E-state index contributed by atoms with van der Waals surface area (Å²) in [5, 5.41) is 12.3. The van der Waals surface area contributed by atoms with Crippen LogP contribution in [0.25, 0.3) is 0 Å². The first kappa shape index (κ1) is 13.3. The Morgan fingerprint density at radius 1 is 1.11 bits per heavy atom. The third kappa shape index (κ3) is 3.01. The molecule has 0 radical (unpaired) electrons. The van der Waals surface area contributed by atoms with Crippen molar-refractivity contribution in [3.63, 3.8) is 0 Å². The summed E-state index contributed by atoms with van der Waals surface area (Å²) in [4.78, 5) is 11.0. The molecule has 0 saturated heterocycles. The molecule has 0 aliphatic rings. The number of rotatable bonds is 4. The van der Waals surface area contributed by atoms with Crippen molar-refractivity contribution in [1.82, 2.24) is 5.32 Å². The van der Waals surface area contributed by atoms with Crippen molar-refractivity contribution >= 4 is 5.97 Å². The standard InChI is InChI=1S/C16H17NO2/c1-11-5-3-6-12(9-11)15(17-2)13-7-4-8-14(10-13)16(18)19/h3-10,15,17H,1-2H3,(H,18,19). The predicted octanol–water partition coefficient (Wildman–Crippen LogP) is 3.00. The first-order valence-corrected chi connectivity index (χ1v) is 6.19. The van der Waals surface area contributed by atoms with Gasteiger partial charge in [-0.25, -0.2) is 4.79 Å². The fraction of sp³-hybridized carbons (Fsp3) is 0.188. The largest absolute Gasteiger partial charge is 0.478 e. The zero-order chi connectivity index (χ0) is 13.8. The Kier molecular flexibility index (Phi) is 3.97. The lowest BCUT2D eigenvalue weighted by molar-refractivity contribution is 0.0696. The van der Waals surface area contributed by atoms with E-state index in [-0.39, 0.29) is 6.04 Å². The number of carboxylic acids is 1. The molecular formula is C16H17NO2. The molecule has 2 rings (SSSR count). The molecule has 98 valence electrons. The number of nitrogens with one attached hydrogen (secondary N) is 1. The summed E-state index contributed by atoms with van der Waals surface area (Å²) in [5.74, 6) is -0.902. The third-order valence-electron chi connectivity index (χ3n) is 3.13. The highest BCUT2D eigenvalue weighted by atomic mass is 16.4. The van der Waals surface area contributed by atoms with Crippen molar-refractivity contribution < 1.29 is 9.90 Å². The molecule has 0 spiro atoms. The van der Waals surface area contributed by atoms with Crippen molar-refractivity contribution in [2.45, 2.75) is 13.0 Å². The van der Waals surface area contributed by atoms with Crippen LogP contribution in [0.2, 0.25) is 0 Å². The van der Waals surface area contributed by atoms with Crippen LogP contribution in [0.1, 0.15) is 33.1 Å². The first-order valence-electron chi connectivity index (χ1n) is 6.19. The number of hydrogen-bond acceptors (Lipinski definition) is 2. The van der Waals surface area contributed by atoms with E-state index in [4.69, 9.17) is 5.11 Å². The summed E-state index contributed by atoms with van der Waals surface area (Å²) in [6.45, 7) is 2.05. The van der Waals surface area contributed by atoms with Crippen LogP contribution >= 0.6 is 0 Å². The number of aryl methyl sites for hydroxylation is 1. The molecule has 19 heavy (non-hydrogen) atoms. The summed E-state index contributed by atoms with van der Waals surface area (Å²) < 4.78 is 0. The molecule has 0 heterocycles. The van der Waals surface area contributed by atoms with Crippen LogP contribution in [0, 0.1) is 6.92 Å². The molecule has 0 bridgehead atoms. The van der Waals surface area contributed by atoms with Gasteiger partial charge in [0.1, 0.15) is 0 Å². The minimum Gasteiger partial charge on any atom is -0.478 e. The van der Waals surface area contributed by atoms with Crippen LogP contribution in [0.5, 0.6) is 0 Å². The number of benzene rings is 2. The van der Waals surface area contributed by atoms with Gasteiger partial charge in [-0.05, 0) is 37.2 Å². The Morgan fingerprint density at radius 3 is 2.32 bits per heavy atom. The highest BCUT2D eigenvalue weighted by molar-refractivity contribution is 5.87. The van der Waals surface area contributed by atoms with Crippen molar-refractivity contribution in [3.8, 4) is 0 Å². The average molecular weight is 255 g/mol. The van der Waals surface area contributed by atoms with E-state index in [9.17, 15) is 4.79 Å². The fourth-order valence-corrected chi connectivity index (χ4v) is 2.23. The smallest absolute Gasteiger partial charge is 0.335 e. The van der Waals surface area contributed by atoms with Crippen molar-refractivity contribution in [1.29, 1.82) is 0 Å². The van der Waals surface area contributed by atoms with E-state index in [1.54, 1.807) is 18.2 Å². The highest BCUT2D eigenvalue weighted by Gasteiger charge is 2.13. The van der Waals surface area contributed by atoms with E-state index in [0.717, 1.165) is 11.1 Å². The lowest BCUT2D eigenvalue weighted by Gasteiger charge is -2.18. The SMILES string of the molecule is CNC(c1cccc(C)c1)c1cccc(C(=O)O)c1. The molecule has 1 unspecified atom stereocenters. The molecule has 0 fully saturated rings. The van der Waals surface area contributed by atoms with Gasteiger partial charge in [-0.1, -0.05) is 42.0 Å². The van der Waals surface area contributed by atoms with Gasteiger partial charge in [-0.3, -0.25) is 0 Å². The van der Waals surface area contributed by atoms with Crippen molar-refractivity contribution in [3.05, 3.63) is 70.8 Å². The summed E-state index contributed by atoms with van der Waals surface area (Å²) in [5.41, 5.74) is 3.58. The second-order valence-corrected chi connectivity index (χ2v) is 4.57. The number of hydrogen-bond donors (Lipinski definition) is 2.